The van der Waals surface area contributed by atoms with Crippen LogP contribution in [0.5, 0.6) is 0 Å². The summed E-state index contributed by atoms with van der Waals surface area (Å²) in [6.45, 7) is 0.440. The van der Waals surface area contributed by atoms with Crippen LogP contribution in [-0.4, -0.2) is 21.9 Å². The van der Waals surface area contributed by atoms with E-state index in [4.69, 9.17) is 5.73 Å². The van der Waals surface area contributed by atoms with Crippen LogP contribution in [-0.2, 0) is 11.3 Å². The second-order valence-corrected chi connectivity index (χ2v) is 5.54. The van der Waals surface area contributed by atoms with Crippen molar-refractivity contribution in [2.75, 3.05) is 0 Å². The van der Waals surface area contributed by atoms with Gasteiger partial charge in [-0.3, -0.25) is 4.79 Å². The summed E-state index contributed by atoms with van der Waals surface area (Å²) in [4.78, 5) is 19.6. The molecule has 3 rings (SSSR count). The highest BCUT2D eigenvalue weighted by Crippen LogP contribution is 2.26. The molecule has 0 spiro atoms. The quantitative estimate of drug-likeness (QED) is 0.796. The average Bonchev–Trinajstić information content (AvgIpc) is 3.03. The molecule has 1 saturated carbocycles. The second-order valence-electron chi connectivity index (χ2n) is 5.54. The largest absolute Gasteiger partial charge is 0.349 e. The number of carbonyl (C=O) groups excluding carboxylic acids is 1. The lowest BCUT2D eigenvalue weighted by molar-refractivity contribution is -0.122. The molecule has 1 aromatic carbocycles. The monoisotopic (exact) mass is 344 g/mol. The zero-order valence-corrected chi connectivity index (χ0v) is 13.9. The maximum absolute atomic E-state index is 11.9. The molecule has 2 atom stereocenters. The van der Waals surface area contributed by atoms with Gasteiger partial charge in [0.15, 0.2) is 0 Å². The molecular formula is C15H22Cl2N4O. The molecule has 0 unspecified atom stereocenters. The predicted molar refractivity (Wildman–Crippen MR) is 92.4 cm³/mol. The van der Waals surface area contributed by atoms with E-state index in [1.54, 1.807) is 0 Å². The number of aromatic nitrogens is 2. The van der Waals surface area contributed by atoms with E-state index in [1.807, 2.05) is 24.3 Å². The number of hydrogen-bond acceptors (Lipinski definition) is 3. The van der Waals surface area contributed by atoms with Crippen LogP contribution < -0.4 is 11.1 Å². The molecule has 0 aliphatic heterocycles. The molecular weight excluding hydrogens is 323 g/mol. The molecule has 5 nitrogen and oxygen atoms in total. The van der Waals surface area contributed by atoms with Crippen molar-refractivity contribution in [2.45, 2.75) is 38.3 Å². The number of rotatable bonds is 4. The first-order chi connectivity index (χ1) is 9.72. The first kappa shape index (κ1) is 18.7. The number of nitrogens with two attached hydrogens (primary N) is 1. The number of imidazole rings is 1. The number of para-hydroxylation sites is 2. The van der Waals surface area contributed by atoms with E-state index in [0.717, 1.165) is 36.1 Å². The lowest BCUT2D eigenvalue weighted by atomic mass is 10.00. The fourth-order valence-electron chi connectivity index (χ4n) is 2.90. The Hall–Kier alpha value is -1.30. The van der Waals surface area contributed by atoms with Crippen LogP contribution in [0.3, 0.4) is 0 Å². The number of nitrogens with zero attached hydrogens (tertiary/aromatic N) is 1. The van der Waals surface area contributed by atoms with E-state index in [1.165, 1.54) is 0 Å². The van der Waals surface area contributed by atoms with Crippen LogP contribution >= 0.6 is 24.8 Å². The molecule has 0 saturated heterocycles. The standard InChI is InChI=1S/C15H20N4O.2ClH/c16-11-5-3-4-10(11)8-15(20)17-9-14-18-12-6-1-2-7-13(12)19-14;;/h1-2,6-7,10-11H,3-5,8-9,16H2,(H,17,20)(H,18,19);2*1H/t10-,11+;;/m0../s1. The first-order valence-corrected chi connectivity index (χ1v) is 7.18. The van der Waals surface area contributed by atoms with Gasteiger partial charge in [-0.15, -0.1) is 24.8 Å². The van der Waals surface area contributed by atoms with E-state index in [-0.39, 0.29) is 36.8 Å². The fourth-order valence-corrected chi connectivity index (χ4v) is 2.90. The van der Waals surface area contributed by atoms with Crippen molar-refractivity contribution in [1.29, 1.82) is 0 Å². The lowest BCUT2D eigenvalue weighted by Crippen LogP contribution is -2.31. The number of H-pyrrole nitrogens is 1. The van der Waals surface area contributed by atoms with Crippen molar-refractivity contribution >= 4 is 41.8 Å². The van der Waals surface area contributed by atoms with E-state index in [9.17, 15) is 4.79 Å². The van der Waals surface area contributed by atoms with Gasteiger partial charge in [0.25, 0.3) is 0 Å². The van der Waals surface area contributed by atoms with E-state index < -0.39 is 0 Å². The molecule has 122 valence electrons. The molecule has 1 aliphatic rings. The Morgan fingerprint density at radius 3 is 2.77 bits per heavy atom. The average molecular weight is 345 g/mol. The summed E-state index contributed by atoms with van der Waals surface area (Å²) in [5.41, 5.74) is 7.91. The van der Waals surface area contributed by atoms with Crippen molar-refractivity contribution in [3.05, 3.63) is 30.1 Å². The minimum Gasteiger partial charge on any atom is -0.349 e. The van der Waals surface area contributed by atoms with Gasteiger partial charge in [0.1, 0.15) is 5.82 Å². The van der Waals surface area contributed by atoms with Crippen LogP contribution in [0.25, 0.3) is 11.0 Å². The van der Waals surface area contributed by atoms with Crippen LogP contribution in [0, 0.1) is 5.92 Å². The van der Waals surface area contributed by atoms with Gasteiger partial charge in [-0.05, 0) is 30.9 Å². The Labute approximate surface area is 142 Å². The van der Waals surface area contributed by atoms with Gasteiger partial charge >= 0.3 is 0 Å². The Balaban J connectivity index is 0.00000121. The van der Waals surface area contributed by atoms with Gasteiger partial charge in [-0.25, -0.2) is 4.98 Å². The normalized spacial score (nSPS) is 20.2. The van der Waals surface area contributed by atoms with E-state index in [2.05, 4.69) is 15.3 Å². The van der Waals surface area contributed by atoms with Crippen molar-refractivity contribution in [1.82, 2.24) is 15.3 Å². The molecule has 1 aliphatic carbocycles. The highest BCUT2D eigenvalue weighted by atomic mass is 35.5. The van der Waals surface area contributed by atoms with Crippen molar-refractivity contribution in [3.8, 4) is 0 Å². The van der Waals surface area contributed by atoms with Gasteiger partial charge in [0, 0.05) is 12.5 Å². The highest BCUT2D eigenvalue weighted by Gasteiger charge is 2.25. The SMILES string of the molecule is Cl.Cl.N[C@@H]1CCC[C@H]1CC(=O)NCc1nc2ccccc2[nH]1. The lowest BCUT2D eigenvalue weighted by Gasteiger charge is -2.14. The van der Waals surface area contributed by atoms with E-state index >= 15 is 0 Å². The predicted octanol–water partition coefficient (Wildman–Crippen LogP) is 2.54. The number of hydrogen-bond donors (Lipinski definition) is 3. The minimum absolute atomic E-state index is 0. The van der Waals surface area contributed by atoms with Crippen LogP contribution in [0.15, 0.2) is 24.3 Å². The smallest absolute Gasteiger partial charge is 0.220 e. The highest BCUT2D eigenvalue weighted by molar-refractivity contribution is 5.85. The van der Waals surface area contributed by atoms with Gasteiger partial charge in [-0.1, -0.05) is 18.6 Å². The third-order valence-corrected chi connectivity index (χ3v) is 4.06. The number of fused-ring (bicyclic) bond motifs is 1. The number of carbonyl (C=O) groups is 1. The Morgan fingerprint density at radius 2 is 2.09 bits per heavy atom. The summed E-state index contributed by atoms with van der Waals surface area (Å²) < 4.78 is 0. The molecule has 1 amide bonds. The van der Waals surface area contributed by atoms with Crippen LogP contribution in [0.2, 0.25) is 0 Å². The molecule has 7 heteroatoms. The summed E-state index contributed by atoms with van der Waals surface area (Å²) in [7, 11) is 0. The number of aromatic amines is 1. The molecule has 4 N–H and O–H groups in total. The number of amides is 1. The molecule has 22 heavy (non-hydrogen) atoms. The first-order valence-electron chi connectivity index (χ1n) is 7.18. The summed E-state index contributed by atoms with van der Waals surface area (Å²) in [5, 5.41) is 2.92. The Kier molecular flexibility index (Phi) is 7.13. The van der Waals surface area contributed by atoms with Gasteiger partial charge in [-0.2, -0.15) is 0 Å². The fraction of sp³-hybridized carbons (Fsp3) is 0.467. The number of benzene rings is 1. The van der Waals surface area contributed by atoms with Crippen molar-refractivity contribution in [2.24, 2.45) is 11.7 Å². The maximum Gasteiger partial charge on any atom is 0.220 e. The van der Waals surface area contributed by atoms with Crippen LogP contribution in [0.4, 0.5) is 0 Å². The molecule has 2 aromatic rings. The van der Waals surface area contributed by atoms with Crippen molar-refractivity contribution < 1.29 is 4.79 Å². The molecule has 0 bridgehead atoms. The number of halogens is 2. The Morgan fingerprint density at radius 1 is 1.32 bits per heavy atom. The zero-order chi connectivity index (χ0) is 13.9. The zero-order valence-electron chi connectivity index (χ0n) is 12.2. The molecule has 1 aromatic heterocycles. The summed E-state index contributed by atoms with van der Waals surface area (Å²) in [6, 6.07) is 8.03. The third kappa shape index (κ3) is 4.35. The second kappa shape index (κ2) is 8.36. The summed E-state index contributed by atoms with van der Waals surface area (Å²) in [6.07, 6.45) is 3.78. The minimum atomic E-state index is 0. The third-order valence-electron chi connectivity index (χ3n) is 4.06. The molecule has 1 heterocycles. The van der Waals surface area contributed by atoms with Gasteiger partial charge < -0.3 is 16.0 Å². The molecule has 0 radical (unpaired) electrons. The van der Waals surface area contributed by atoms with Gasteiger partial charge in [0.05, 0.1) is 17.6 Å². The summed E-state index contributed by atoms with van der Waals surface area (Å²) >= 11 is 0. The molecule has 1 fully saturated rings. The van der Waals surface area contributed by atoms with E-state index in [0.29, 0.717) is 18.9 Å². The maximum atomic E-state index is 11.9. The van der Waals surface area contributed by atoms with Gasteiger partial charge in [0.2, 0.25) is 5.91 Å². The van der Waals surface area contributed by atoms with Crippen molar-refractivity contribution in [3.63, 3.8) is 0 Å². The number of nitrogens with one attached hydrogen (secondary N) is 2. The van der Waals surface area contributed by atoms with Crippen LogP contribution in [0.1, 0.15) is 31.5 Å². The summed E-state index contributed by atoms with van der Waals surface area (Å²) in [5.74, 6) is 1.19. The Bertz CT molecular complexity index is 583. The topological polar surface area (TPSA) is 83.8 Å².